The first-order valence-electron chi connectivity index (χ1n) is 4.90. The Hall–Kier alpha value is -0.810. The van der Waals surface area contributed by atoms with Crippen LogP contribution >= 0.6 is 0 Å². The fourth-order valence-electron chi connectivity index (χ4n) is 1.20. The lowest BCUT2D eigenvalue weighted by molar-refractivity contribution is 0.0732. The van der Waals surface area contributed by atoms with Gasteiger partial charge in [-0.15, -0.1) is 0 Å². The van der Waals surface area contributed by atoms with Crippen LogP contribution in [-0.2, 0) is 9.47 Å². The van der Waals surface area contributed by atoms with Gasteiger partial charge in [-0.1, -0.05) is 0 Å². The standard InChI is InChI=1S/C9H19N3O2/c1-12-5-3-10-9(12)11-4-6-14-8-7-13-2/h3-8H2,1-2H3,(H,10,11). The van der Waals surface area contributed by atoms with Crippen molar-refractivity contribution in [2.75, 3.05) is 53.6 Å². The predicted molar refractivity (Wildman–Crippen MR) is 55.6 cm³/mol. The van der Waals surface area contributed by atoms with Gasteiger partial charge in [0.25, 0.3) is 0 Å². The number of ether oxygens (including phenoxy) is 2. The summed E-state index contributed by atoms with van der Waals surface area (Å²) in [5.41, 5.74) is 0. The van der Waals surface area contributed by atoms with Gasteiger partial charge in [0.15, 0.2) is 5.96 Å². The van der Waals surface area contributed by atoms with Crippen molar-refractivity contribution in [1.29, 1.82) is 0 Å². The van der Waals surface area contributed by atoms with Gasteiger partial charge in [-0.2, -0.15) is 0 Å². The summed E-state index contributed by atoms with van der Waals surface area (Å²) < 4.78 is 10.2. The molecule has 1 aliphatic rings. The Balaban J connectivity index is 1.93. The van der Waals surface area contributed by atoms with E-state index >= 15 is 0 Å². The van der Waals surface area contributed by atoms with E-state index in [1.165, 1.54) is 0 Å². The summed E-state index contributed by atoms with van der Waals surface area (Å²) in [6.45, 7) is 4.70. The van der Waals surface area contributed by atoms with E-state index in [0.29, 0.717) is 19.8 Å². The molecule has 0 bridgehead atoms. The molecule has 0 atom stereocenters. The summed E-state index contributed by atoms with van der Waals surface area (Å²) in [6, 6.07) is 0. The van der Waals surface area contributed by atoms with Gasteiger partial charge in [-0.25, -0.2) is 0 Å². The molecule has 0 radical (unpaired) electrons. The van der Waals surface area contributed by atoms with Crippen LogP contribution < -0.4 is 5.32 Å². The normalized spacial score (nSPS) is 15.9. The Bertz CT molecular complexity index is 185. The van der Waals surface area contributed by atoms with Crippen LogP contribution in [0.25, 0.3) is 0 Å². The lowest BCUT2D eigenvalue weighted by Gasteiger charge is -2.14. The molecule has 0 aromatic heterocycles. The van der Waals surface area contributed by atoms with Crippen molar-refractivity contribution < 1.29 is 9.47 Å². The number of nitrogens with zero attached hydrogens (tertiary/aromatic N) is 2. The maximum absolute atomic E-state index is 5.31. The monoisotopic (exact) mass is 201 g/mol. The summed E-state index contributed by atoms with van der Waals surface area (Å²) in [5.74, 6) is 0.973. The Morgan fingerprint density at radius 3 is 2.93 bits per heavy atom. The third-order valence-corrected chi connectivity index (χ3v) is 2.02. The second-order valence-corrected chi connectivity index (χ2v) is 3.16. The van der Waals surface area contributed by atoms with E-state index in [1.807, 2.05) is 7.05 Å². The molecule has 0 fully saturated rings. The smallest absolute Gasteiger partial charge is 0.193 e. The van der Waals surface area contributed by atoms with Crippen LogP contribution in [0.15, 0.2) is 4.99 Å². The van der Waals surface area contributed by atoms with Gasteiger partial charge in [0.05, 0.1) is 26.4 Å². The molecular formula is C9H19N3O2. The largest absolute Gasteiger partial charge is 0.382 e. The number of guanidine groups is 1. The van der Waals surface area contributed by atoms with Crippen molar-refractivity contribution in [3.05, 3.63) is 0 Å². The molecule has 0 saturated heterocycles. The highest BCUT2D eigenvalue weighted by atomic mass is 16.5. The van der Waals surface area contributed by atoms with Crippen LogP contribution in [0.3, 0.4) is 0 Å². The van der Waals surface area contributed by atoms with E-state index in [1.54, 1.807) is 7.11 Å². The molecule has 0 aromatic rings. The van der Waals surface area contributed by atoms with Crippen molar-refractivity contribution >= 4 is 5.96 Å². The van der Waals surface area contributed by atoms with Crippen LogP contribution in [-0.4, -0.2) is 64.5 Å². The highest BCUT2D eigenvalue weighted by molar-refractivity contribution is 5.81. The number of hydrogen-bond acceptors (Lipinski definition) is 5. The van der Waals surface area contributed by atoms with Gasteiger partial charge in [-0.3, -0.25) is 4.99 Å². The number of hydrogen-bond donors (Lipinski definition) is 1. The topological polar surface area (TPSA) is 46.1 Å². The molecule has 5 nitrogen and oxygen atoms in total. The average molecular weight is 201 g/mol. The number of methoxy groups -OCH3 is 1. The molecule has 5 heteroatoms. The Kier molecular flexibility index (Phi) is 5.32. The second-order valence-electron chi connectivity index (χ2n) is 3.16. The van der Waals surface area contributed by atoms with Gasteiger partial charge < -0.3 is 19.7 Å². The SMILES string of the molecule is COCCOCCNC1=NCCN1C. The van der Waals surface area contributed by atoms with E-state index in [0.717, 1.165) is 25.6 Å². The maximum atomic E-state index is 5.31. The number of aliphatic imine (C=N–C) groups is 1. The third kappa shape index (κ3) is 3.93. The summed E-state index contributed by atoms with van der Waals surface area (Å²) in [7, 11) is 3.70. The molecular weight excluding hydrogens is 182 g/mol. The summed E-state index contributed by atoms with van der Waals surface area (Å²) in [6.07, 6.45) is 0. The maximum Gasteiger partial charge on any atom is 0.193 e. The lowest BCUT2D eigenvalue weighted by Crippen LogP contribution is -2.37. The van der Waals surface area contributed by atoms with Gasteiger partial charge in [-0.05, 0) is 0 Å². The molecule has 1 heterocycles. The Morgan fingerprint density at radius 2 is 2.29 bits per heavy atom. The first-order chi connectivity index (χ1) is 6.84. The fraction of sp³-hybridized carbons (Fsp3) is 0.889. The van der Waals surface area contributed by atoms with Gasteiger partial charge in [0.2, 0.25) is 0 Å². The molecule has 0 aliphatic carbocycles. The van der Waals surface area contributed by atoms with Crippen molar-refractivity contribution in [2.24, 2.45) is 4.99 Å². The minimum atomic E-state index is 0.653. The van der Waals surface area contributed by atoms with Crippen molar-refractivity contribution in [3.8, 4) is 0 Å². The van der Waals surface area contributed by atoms with Crippen LogP contribution in [0.5, 0.6) is 0 Å². The highest BCUT2D eigenvalue weighted by Gasteiger charge is 2.10. The first-order valence-corrected chi connectivity index (χ1v) is 4.90. The second kappa shape index (κ2) is 6.62. The summed E-state index contributed by atoms with van der Waals surface area (Å²) in [4.78, 5) is 6.41. The Morgan fingerprint density at radius 1 is 1.43 bits per heavy atom. The zero-order valence-corrected chi connectivity index (χ0v) is 8.95. The van der Waals surface area contributed by atoms with E-state index < -0.39 is 0 Å². The molecule has 0 saturated carbocycles. The van der Waals surface area contributed by atoms with Gasteiger partial charge in [0, 0.05) is 27.2 Å². The molecule has 0 unspecified atom stereocenters. The van der Waals surface area contributed by atoms with Crippen molar-refractivity contribution in [3.63, 3.8) is 0 Å². The van der Waals surface area contributed by atoms with E-state index in [9.17, 15) is 0 Å². The molecule has 1 N–H and O–H groups in total. The van der Waals surface area contributed by atoms with E-state index in [2.05, 4.69) is 15.2 Å². The van der Waals surface area contributed by atoms with Crippen molar-refractivity contribution in [2.45, 2.75) is 0 Å². The van der Waals surface area contributed by atoms with Crippen LogP contribution in [0.1, 0.15) is 0 Å². The van der Waals surface area contributed by atoms with Gasteiger partial charge >= 0.3 is 0 Å². The van der Waals surface area contributed by atoms with Crippen LogP contribution in [0, 0.1) is 0 Å². The molecule has 1 rings (SSSR count). The third-order valence-electron chi connectivity index (χ3n) is 2.02. The fourth-order valence-corrected chi connectivity index (χ4v) is 1.20. The molecule has 0 aromatic carbocycles. The zero-order valence-electron chi connectivity index (χ0n) is 8.95. The molecule has 1 aliphatic heterocycles. The Labute approximate surface area is 85.1 Å². The molecule has 0 amide bonds. The molecule has 14 heavy (non-hydrogen) atoms. The predicted octanol–water partition coefficient (Wildman–Crippen LogP) is -0.460. The molecule has 82 valence electrons. The highest BCUT2D eigenvalue weighted by Crippen LogP contribution is 1.93. The average Bonchev–Trinajstić information content (AvgIpc) is 2.58. The molecule has 0 spiro atoms. The summed E-state index contributed by atoms with van der Waals surface area (Å²) >= 11 is 0. The van der Waals surface area contributed by atoms with Crippen LogP contribution in [0.4, 0.5) is 0 Å². The number of nitrogens with one attached hydrogen (secondary N) is 1. The van der Waals surface area contributed by atoms with Gasteiger partial charge in [0.1, 0.15) is 0 Å². The van der Waals surface area contributed by atoms with E-state index in [4.69, 9.17) is 9.47 Å². The number of rotatable bonds is 6. The minimum absolute atomic E-state index is 0.653. The zero-order chi connectivity index (χ0) is 10.2. The van der Waals surface area contributed by atoms with E-state index in [-0.39, 0.29) is 0 Å². The first kappa shape index (κ1) is 11.3. The minimum Gasteiger partial charge on any atom is -0.382 e. The van der Waals surface area contributed by atoms with Crippen molar-refractivity contribution in [1.82, 2.24) is 10.2 Å². The summed E-state index contributed by atoms with van der Waals surface area (Å²) in [5, 5.41) is 3.22. The lowest BCUT2D eigenvalue weighted by atomic mass is 10.6. The number of likely N-dealkylation sites (N-methyl/N-ethyl adjacent to an activating group) is 1. The quantitative estimate of drug-likeness (QED) is 0.591. The van der Waals surface area contributed by atoms with Crippen LogP contribution in [0.2, 0.25) is 0 Å².